The molecule has 0 aliphatic carbocycles. The minimum Gasteiger partial charge on any atom is -0.507 e. The van der Waals surface area contributed by atoms with E-state index in [-0.39, 0.29) is 16.9 Å². The molecule has 1 aliphatic rings. The Balaban J connectivity index is 2.05. The number of methoxy groups -OCH3 is 1. The highest BCUT2D eigenvalue weighted by Gasteiger charge is 2.42. The Labute approximate surface area is 164 Å². The highest BCUT2D eigenvalue weighted by atomic mass is 16.5. The lowest BCUT2D eigenvalue weighted by molar-refractivity contribution is 0.0544. The molecule has 0 bridgehead atoms. The Bertz CT molecular complexity index is 892. The summed E-state index contributed by atoms with van der Waals surface area (Å²) in [6.45, 7) is 4.87. The smallest absolute Gasteiger partial charge is 0.265 e. The molecule has 3 rings (SSSR count). The average molecular weight is 383 g/mol. The first-order valence-corrected chi connectivity index (χ1v) is 9.47. The van der Waals surface area contributed by atoms with Gasteiger partial charge in [0, 0.05) is 13.7 Å². The number of imide groups is 1. The number of hydrogen-bond donors (Lipinski definition) is 1. The summed E-state index contributed by atoms with van der Waals surface area (Å²) in [5.74, 6) is -0.323. The molecule has 1 atom stereocenters. The first-order chi connectivity index (χ1) is 13.5. The summed E-state index contributed by atoms with van der Waals surface area (Å²) in [6.07, 6.45) is 1.26. The topological polar surface area (TPSA) is 76.1 Å². The minimum atomic E-state index is -0.517. The second-order valence-electron chi connectivity index (χ2n) is 6.63. The molecule has 6 heteroatoms. The maximum atomic E-state index is 13.0. The van der Waals surface area contributed by atoms with Gasteiger partial charge in [-0.05, 0) is 49.1 Å². The van der Waals surface area contributed by atoms with Gasteiger partial charge in [-0.1, -0.05) is 25.1 Å². The monoisotopic (exact) mass is 383 g/mol. The third kappa shape index (κ3) is 3.47. The van der Waals surface area contributed by atoms with Crippen LogP contribution in [0.15, 0.2) is 36.4 Å². The van der Waals surface area contributed by atoms with Crippen molar-refractivity contribution in [1.82, 2.24) is 4.90 Å². The summed E-state index contributed by atoms with van der Waals surface area (Å²) in [7, 11) is 1.58. The van der Waals surface area contributed by atoms with Crippen molar-refractivity contribution >= 4 is 11.8 Å². The molecule has 148 valence electrons. The van der Waals surface area contributed by atoms with E-state index in [0.29, 0.717) is 19.6 Å². The number of rotatable bonds is 8. The van der Waals surface area contributed by atoms with Crippen LogP contribution in [0.1, 0.15) is 58.2 Å². The summed E-state index contributed by atoms with van der Waals surface area (Å²) >= 11 is 0. The molecule has 2 amide bonds. The largest absolute Gasteiger partial charge is 0.507 e. The minimum absolute atomic E-state index is 0.0603. The predicted molar refractivity (Wildman–Crippen MR) is 105 cm³/mol. The van der Waals surface area contributed by atoms with Gasteiger partial charge in [-0.25, -0.2) is 0 Å². The lowest BCUT2D eigenvalue weighted by Gasteiger charge is -2.27. The van der Waals surface area contributed by atoms with Crippen LogP contribution in [-0.4, -0.2) is 42.1 Å². The van der Waals surface area contributed by atoms with Gasteiger partial charge in [0.1, 0.15) is 11.5 Å². The van der Waals surface area contributed by atoms with Crippen LogP contribution >= 0.6 is 0 Å². The number of aromatic hydroxyl groups is 1. The standard InChI is InChI=1S/C22H25NO5/c1-4-14-9-10-15(13-19(14)28-5-2)17(11-12-27-3)23-21(25)16-7-6-8-18(24)20(16)22(23)26/h6-10,13,17,24H,4-5,11-12H2,1-3H3. The zero-order valence-electron chi connectivity index (χ0n) is 16.4. The van der Waals surface area contributed by atoms with Crippen molar-refractivity contribution in [3.8, 4) is 11.5 Å². The molecule has 0 saturated heterocycles. The van der Waals surface area contributed by atoms with E-state index in [0.717, 1.165) is 23.3 Å². The Morgan fingerprint density at radius 1 is 1.11 bits per heavy atom. The molecule has 2 aromatic rings. The number of benzene rings is 2. The summed E-state index contributed by atoms with van der Waals surface area (Å²) < 4.78 is 11.0. The second kappa shape index (κ2) is 8.44. The first-order valence-electron chi connectivity index (χ1n) is 9.47. The number of nitrogens with zero attached hydrogens (tertiary/aromatic N) is 1. The van der Waals surface area contributed by atoms with Crippen LogP contribution in [-0.2, 0) is 11.2 Å². The quantitative estimate of drug-likeness (QED) is 0.703. The van der Waals surface area contributed by atoms with E-state index in [1.807, 2.05) is 32.0 Å². The third-order valence-electron chi connectivity index (χ3n) is 4.99. The summed E-state index contributed by atoms with van der Waals surface area (Å²) in [6, 6.07) is 9.82. The van der Waals surface area contributed by atoms with Crippen LogP contribution in [0, 0.1) is 0 Å². The number of fused-ring (bicyclic) bond motifs is 1. The predicted octanol–water partition coefficient (Wildman–Crippen LogP) is 3.73. The normalized spacial score (nSPS) is 14.3. The Kier molecular flexibility index (Phi) is 5.99. The van der Waals surface area contributed by atoms with Gasteiger partial charge in [-0.2, -0.15) is 0 Å². The Hall–Kier alpha value is -2.86. The maximum Gasteiger partial charge on any atom is 0.265 e. The van der Waals surface area contributed by atoms with Gasteiger partial charge in [-0.15, -0.1) is 0 Å². The number of aryl methyl sites for hydroxylation is 1. The van der Waals surface area contributed by atoms with Crippen LogP contribution < -0.4 is 4.74 Å². The fourth-order valence-electron chi connectivity index (χ4n) is 3.60. The third-order valence-corrected chi connectivity index (χ3v) is 4.99. The number of phenolic OH excluding ortho intramolecular Hbond substituents is 1. The molecule has 0 radical (unpaired) electrons. The van der Waals surface area contributed by atoms with Crippen molar-refractivity contribution < 1.29 is 24.2 Å². The van der Waals surface area contributed by atoms with Gasteiger partial charge in [-0.3, -0.25) is 14.5 Å². The van der Waals surface area contributed by atoms with Crippen LogP contribution in [0.2, 0.25) is 0 Å². The van der Waals surface area contributed by atoms with E-state index in [1.165, 1.54) is 11.0 Å². The molecule has 1 aliphatic heterocycles. The Morgan fingerprint density at radius 2 is 1.89 bits per heavy atom. The summed E-state index contributed by atoms with van der Waals surface area (Å²) in [5.41, 5.74) is 2.15. The fraction of sp³-hybridized carbons (Fsp3) is 0.364. The van der Waals surface area contributed by atoms with Crippen LogP contribution in [0.5, 0.6) is 11.5 Å². The summed E-state index contributed by atoms with van der Waals surface area (Å²) in [4.78, 5) is 27.2. The van der Waals surface area contributed by atoms with Crippen LogP contribution in [0.3, 0.4) is 0 Å². The fourth-order valence-corrected chi connectivity index (χ4v) is 3.60. The number of hydrogen-bond acceptors (Lipinski definition) is 5. The second-order valence-corrected chi connectivity index (χ2v) is 6.63. The van der Waals surface area contributed by atoms with Gasteiger partial charge >= 0.3 is 0 Å². The molecule has 2 aromatic carbocycles. The molecule has 1 unspecified atom stereocenters. The molecule has 0 saturated carbocycles. The molecule has 28 heavy (non-hydrogen) atoms. The first kappa shape index (κ1) is 19.9. The zero-order valence-corrected chi connectivity index (χ0v) is 16.4. The van der Waals surface area contributed by atoms with Gasteiger partial charge < -0.3 is 14.6 Å². The van der Waals surface area contributed by atoms with Crippen molar-refractivity contribution in [1.29, 1.82) is 0 Å². The van der Waals surface area contributed by atoms with E-state index in [9.17, 15) is 14.7 Å². The van der Waals surface area contributed by atoms with Crippen molar-refractivity contribution in [2.75, 3.05) is 20.3 Å². The van der Waals surface area contributed by atoms with Crippen molar-refractivity contribution in [3.63, 3.8) is 0 Å². The Morgan fingerprint density at radius 3 is 2.54 bits per heavy atom. The van der Waals surface area contributed by atoms with Gasteiger partial charge in [0.25, 0.3) is 11.8 Å². The van der Waals surface area contributed by atoms with E-state index >= 15 is 0 Å². The highest BCUT2D eigenvalue weighted by molar-refractivity contribution is 6.22. The molecule has 6 nitrogen and oxygen atoms in total. The molecule has 0 fully saturated rings. The number of carbonyl (C=O) groups is 2. The molecular weight excluding hydrogens is 358 g/mol. The summed E-state index contributed by atoms with van der Waals surface area (Å²) in [5, 5.41) is 10.1. The van der Waals surface area contributed by atoms with Gasteiger partial charge in [0.2, 0.25) is 0 Å². The number of ether oxygens (including phenoxy) is 2. The maximum absolute atomic E-state index is 13.0. The van der Waals surface area contributed by atoms with Gasteiger partial charge in [0.15, 0.2) is 0 Å². The number of carbonyl (C=O) groups excluding carboxylic acids is 2. The molecule has 1 heterocycles. The molecule has 1 N–H and O–H groups in total. The van der Waals surface area contributed by atoms with Crippen LogP contribution in [0.25, 0.3) is 0 Å². The van der Waals surface area contributed by atoms with E-state index in [2.05, 4.69) is 0 Å². The van der Waals surface area contributed by atoms with Crippen molar-refractivity contribution in [3.05, 3.63) is 58.7 Å². The SMILES string of the molecule is CCOc1cc(C(CCOC)N2C(=O)c3cccc(O)c3C2=O)ccc1CC. The van der Waals surface area contributed by atoms with E-state index in [1.54, 1.807) is 19.2 Å². The van der Waals surface area contributed by atoms with Crippen molar-refractivity contribution in [2.45, 2.75) is 32.7 Å². The molecule has 0 aromatic heterocycles. The number of amides is 2. The zero-order chi connectivity index (χ0) is 20.3. The lowest BCUT2D eigenvalue weighted by atomic mass is 9.99. The van der Waals surface area contributed by atoms with E-state index in [4.69, 9.17) is 9.47 Å². The molecule has 0 spiro atoms. The molecular formula is C22H25NO5. The lowest BCUT2D eigenvalue weighted by Crippen LogP contribution is -2.34. The number of phenols is 1. The van der Waals surface area contributed by atoms with Gasteiger partial charge in [0.05, 0.1) is 23.8 Å². The van der Waals surface area contributed by atoms with Crippen molar-refractivity contribution in [2.24, 2.45) is 0 Å². The van der Waals surface area contributed by atoms with Crippen LogP contribution in [0.4, 0.5) is 0 Å². The average Bonchev–Trinajstić information content (AvgIpc) is 2.95. The highest BCUT2D eigenvalue weighted by Crippen LogP contribution is 2.38. The van der Waals surface area contributed by atoms with E-state index < -0.39 is 17.9 Å².